The van der Waals surface area contributed by atoms with E-state index in [2.05, 4.69) is 24.4 Å². The molecule has 0 fully saturated rings. The Morgan fingerprint density at radius 2 is 1.92 bits per heavy atom. The molecule has 0 aliphatic rings. The summed E-state index contributed by atoms with van der Waals surface area (Å²) in [7, 11) is 0. The second kappa shape index (κ2) is 9.44. The van der Waals surface area contributed by atoms with E-state index in [0.717, 1.165) is 12.2 Å². The Morgan fingerprint density at radius 3 is 2.60 bits per heavy atom. The van der Waals surface area contributed by atoms with Gasteiger partial charge in [0.15, 0.2) is 0 Å². The van der Waals surface area contributed by atoms with Crippen LogP contribution in [0.4, 0.5) is 0 Å². The molecule has 0 unspecified atom stereocenters. The summed E-state index contributed by atoms with van der Waals surface area (Å²) in [6.45, 7) is 4.95. The second-order valence-corrected chi connectivity index (χ2v) is 6.68. The van der Waals surface area contributed by atoms with Crippen LogP contribution in [-0.2, 0) is 0 Å². The first kappa shape index (κ1) is 19.3. The van der Waals surface area contributed by atoms with Crippen molar-refractivity contribution < 1.29 is 9.53 Å². The summed E-state index contributed by atoms with van der Waals surface area (Å²) < 4.78 is 5.63. The molecule has 0 bridgehead atoms. The number of nitrogens with zero attached hydrogens (tertiary/aromatic N) is 1. The van der Waals surface area contributed by atoms with Crippen molar-refractivity contribution >= 4 is 35.3 Å². The maximum absolute atomic E-state index is 12.1. The SMILES string of the molecule is CC(C)CCOc1ccc(C(=O)N/N=C/c2cccc(Cl)c2Cl)cc1. The van der Waals surface area contributed by atoms with E-state index in [-0.39, 0.29) is 5.91 Å². The molecular formula is C19H20Cl2N2O2. The summed E-state index contributed by atoms with van der Waals surface area (Å²) in [5.74, 6) is 1.02. The molecule has 0 radical (unpaired) electrons. The number of carbonyl (C=O) groups is 1. The number of nitrogens with one attached hydrogen (secondary N) is 1. The molecular weight excluding hydrogens is 359 g/mol. The van der Waals surface area contributed by atoms with Crippen molar-refractivity contribution in [2.24, 2.45) is 11.0 Å². The van der Waals surface area contributed by atoms with Gasteiger partial charge in [0.05, 0.1) is 22.9 Å². The molecule has 4 nitrogen and oxygen atoms in total. The van der Waals surface area contributed by atoms with Gasteiger partial charge in [-0.3, -0.25) is 4.79 Å². The maximum Gasteiger partial charge on any atom is 0.271 e. The first-order valence-corrected chi connectivity index (χ1v) is 8.73. The first-order valence-electron chi connectivity index (χ1n) is 7.97. The molecule has 132 valence electrons. The van der Waals surface area contributed by atoms with E-state index in [9.17, 15) is 4.79 Å². The third kappa shape index (κ3) is 6.07. The number of ether oxygens (including phenoxy) is 1. The van der Waals surface area contributed by atoms with Gasteiger partial charge in [-0.1, -0.05) is 49.2 Å². The lowest BCUT2D eigenvalue weighted by molar-refractivity contribution is 0.0955. The van der Waals surface area contributed by atoms with Crippen molar-refractivity contribution in [1.29, 1.82) is 0 Å². The molecule has 0 saturated carbocycles. The van der Waals surface area contributed by atoms with Crippen LogP contribution in [0.15, 0.2) is 47.6 Å². The molecule has 0 saturated heterocycles. The van der Waals surface area contributed by atoms with Gasteiger partial charge in [0.2, 0.25) is 0 Å². The van der Waals surface area contributed by atoms with E-state index in [1.165, 1.54) is 6.21 Å². The van der Waals surface area contributed by atoms with Crippen LogP contribution in [0.1, 0.15) is 36.2 Å². The molecule has 0 aliphatic heterocycles. The highest BCUT2D eigenvalue weighted by atomic mass is 35.5. The van der Waals surface area contributed by atoms with Gasteiger partial charge in [-0.25, -0.2) is 5.43 Å². The van der Waals surface area contributed by atoms with E-state index in [4.69, 9.17) is 27.9 Å². The summed E-state index contributed by atoms with van der Waals surface area (Å²) in [5, 5.41) is 4.74. The van der Waals surface area contributed by atoms with Crippen LogP contribution in [0, 0.1) is 5.92 Å². The van der Waals surface area contributed by atoms with Crippen LogP contribution in [-0.4, -0.2) is 18.7 Å². The summed E-state index contributed by atoms with van der Waals surface area (Å²) in [4.78, 5) is 12.1. The lowest BCUT2D eigenvalue weighted by Gasteiger charge is -2.08. The standard InChI is InChI=1S/C19H20Cl2N2O2/c1-13(2)10-11-25-16-8-6-14(7-9-16)19(24)23-22-12-15-4-3-5-17(20)18(15)21/h3-9,12-13H,10-11H2,1-2H3,(H,23,24)/b22-12+. The Morgan fingerprint density at radius 1 is 1.20 bits per heavy atom. The number of carbonyl (C=O) groups excluding carboxylic acids is 1. The number of amides is 1. The third-order valence-corrected chi connectivity index (χ3v) is 4.27. The highest BCUT2D eigenvalue weighted by Gasteiger charge is 2.05. The predicted octanol–water partition coefficient (Wildman–Crippen LogP) is 5.18. The Hall–Kier alpha value is -2.04. The van der Waals surface area contributed by atoms with Gasteiger partial charge in [0.1, 0.15) is 5.75 Å². The molecule has 0 aromatic heterocycles. The fraction of sp³-hybridized carbons (Fsp3) is 0.263. The molecule has 6 heteroatoms. The number of halogens is 2. The number of hydrogen-bond acceptors (Lipinski definition) is 3. The van der Waals surface area contributed by atoms with Gasteiger partial charge < -0.3 is 4.74 Å². The zero-order valence-electron chi connectivity index (χ0n) is 14.1. The molecule has 1 amide bonds. The summed E-state index contributed by atoms with van der Waals surface area (Å²) in [5.41, 5.74) is 3.58. The van der Waals surface area contributed by atoms with Crippen LogP contribution in [0.2, 0.25) is 10.0 Å². The predicted molar refractivity (Wildman–Crippen MR) is 103 cm³/mol. The van der Waals surface area contributed by atoms with Gasteiger partial charge in [-0.05, 0) is 42.7 Å². The molecule has 25 heavy (non-hydrogen) atoms. The van der Waals surface area contributed by atoms with Crippen LogP contribution < -0.4 is 10.2 Å². The molecule has 2 aromatic carbocycles. The topological polar surface area (TPSA) is 50.7 Å². The number of hydrogen-bond donors (Lipinski definition) is 1. The fourth-order valence-electron chi connectivity index (χ4n) is 1.96. The zero-order chi connectivity index (χ0) is 18.2. The van der Waals surface area contributed by atoms with Crippen molar-refractivity contribution in [1.82, 2.24) is 5.43 Å². The van der Waals surface area contributed by atoms with Crippen LogP contribution in [0.25, 0.3) is 0 Å². The molecule has 2 aromatic rings. The molecule has 0 heterocycles. The summed E-state index contributed by atoms with van der Waals surface area (Å²) in [6, 6.07) is 12.1. The van der Waals surface area contributed by atoms with Crippen LogP contribution in [0.3, 0.4) is 0 Å². The van der Waals surface area contributed by atoms with E-state index in [1.807, 2.05) is 0 Å². The van der Waals surface area contributed by atoms with Gasteiger partial charge in [0, 0.05) is 11.1 Å². The van der Waals surface area contributed by atoms with Crippen molar-refractivity contribution in [3.8, 4) is 5.75 Å². The molecule has 1 N–H and O–H groups in total. The molecule has 0 atom stereocenters. The average Bonchev–Trinajstić information content (AvgIpc) is 2.59. The average molecular weight is 379 g/mol. The zero-order valence-corrected chi connectivity index (χ0v) is 15.6. The Labute approximate surface area is 157 Å². The molecule has 0 aliphatic carbocycles. The van der Waals surface area contributed by atoms with Crippen molar-refractivity contribution in [3.63, 3.8) is 0 Å². The first-order chi connectivity index (χ1) is 12.0. The third-order valence-electron chi connectivity index (χ3n) is 3.43. The number of benzene rings is 2. The number of hydrazone groups is 1. The smallest absolute Gasteiger partial charge is 0.271 e. The van der Waals surface area contributed by atoms with Crippen molar-refractivity contribution in [3.05, 3.63) is 63.6 Å². The minimum Gasteiger partial charge on any atom is -0.494 e. The van der Waals surface area contributed by atoms with Crippen LogP contribution in [0.5, 0.6) is 5.75 Å². The van der Waals surface area contributed by atoms with E-state index >= 15 is 0 Å². The van der Waals surface area contributed by atoms with E-state index in [1.54, 1.807) is 42.5 Å². The Kier molecular flexibility index (Phi) is 7.29. The number of rotatable bonds is 7. The minimum atomic E-state index is -0.317. The monoisotopic (exact) mass is 378 g/mol. The highest BCUT2D eigenvalue weighted by molar-refractivity contribution is 6.43. The maximum atomic E-state index is 12.1. The minimum absolute atomic E-state index is 0.317. The Bertz CT molecular complexity index is 744. The lowest BCUT2D eigenvalue weighted by atomic mass is 10.1. The second-order valence-electron chi connectivity index (χ2n) is 5.90. The summed E-state index contributed by atoms with van der Waals surface area (Å²) >= 11 is 12.0. The Balaban J connectivity index is 1.90. The van der Waals surface area contributed by atoms with Crippen molar-refractivity contribution in [2.75, 3.05) is 6.61 Å². The summed E-state index contributed by atoms with van der Waals surface area (Å²) in [6.07, 6.45) is 2.44. The largest absolute Gasteiger partial charge is 0.494 e. The highest BCUT2D eigenvalue weighted by Crippen LogP contribution is 2.24. The van der Waals surface area contributed by atoms with E-state index in [0.29, 0.717) is 33.7 Å². The quantitative estimate of drug-likeness (QED) is 0.532. The van der Waals surface area contributed by atoms with E-state index < -0.39 is 0 Å². The van der Waals surface area contributed by atoms with Crippen LogP contribution >= 0.6 is 23.2 Å². The van der Waals surface area contributed by atoms with Gasteiger partial charge in [-0.15, -0.1) is 0 Å². The molecule has 2 rings (SSSR count). The van der Waals surface area contributed by atoms with Crippen molar-refractivity contribution in [2.45, 2.75) is 20.3 Å². The van der Waals surface area contributed by atoms with Gasteiger partial charge in [-0.2, -0.15) is 5.10 Å². The fourth-order valence-corrected chi connectivity index (χ4v) is 2.32. The lowest BCUT2D eigenvalue weighted by Crippen LogP contribution is -2.17. The van der Waals surface area contributed by atoms with Gasteiger partial charge >= 0.3 is 0 Å². The molecule has 0 spiro atoms. The van der Waals surface area contributed by atoms with Gasteiger partial charge in [0.25, 0.3) is 5.91 Å². The normalized spacial score (nSPS) is 11.1.